The lowest BCUT2D eigenvalue weighted by Crippen LogP contribution is -2.38. The highest BCUT2D eigenvalue weighted by molar-refractivity contribution is 7.99. The number of rotatable bonds is 14. The number of hydrogen-bond acceptors (Lipinski definition) is 7. The van der Waals surface area contributed by atoms with Crippen LogP contribution in [0.4, 0.5) is 0 Å². The second-order valence-corrected chi connectivity index (χ2v) is 16.0. The largest absolute Gasteiger partial charge is 0.454 e. The molecule has 2 aromatic heterocycles. The summed E-state index contributed by atoms with van der Waals surface area (Å²) in [5.41, 5.74) is 6.53. The fourth-order valence-corrected chi connectivity index (χ4v) is 8.83. The molecule has 0 radical (unpaired) electrons. The molecule has 0 atom stereocenters. The van der Waals surface area contributed by atoms with Gasteiger partial charge < -0.3 is 19.4 Å². The SMILES string of the molecule is O=C(NS(=O)(=O)CCN(CCSc1ccccc1)Cc1ccc2c(c1)OCO2)c1ccc(C(c2c[nH]c3ccccc23)c2c[nH]c3ccccc23)cc1. The van der Waals surface area contributed by atoms with E-state index in [9.17, 15) is 13.2 Å². The van der Waals surface area contributed by atoms with E-state index in [0.29, 0.717) is 24.6 Å². The summed E-state index contributed by atoms with van der Waals surface area (Å²) < 4.78 is 40.0. The van der Waals surface area contributed by atoms with Crippen LogP contribution < -0.4 is 14.2 Å². The Labute approximate surface area is 312 Å². The molecule has 0 fully saturated rings. The molecule has 0 aliphatic carbocycles. The van der Waals surface area contributed by atoms with Crippen molar-refractivity contribution in [2.45, 2.75) is 17.4 Å². The number of thioether (sulfide) groups is 1. The normalized spacial score (nSPS) is 12.6. The van der Waals surface area contributed by atoms with E-state index in [1.165, 1.54) is 0 Å². The number of fused-ring (bicyclic) bond motifs is 3. The predicted octanol–water partition coefficient (Wildman–Crippen LogP) is 7.91. The van der Waals surface area contributed by atoms with Crippen molar-refractivity contribution in [2.75, 3.05) is 31.4 Å². The minimum atomic E-state index is -3.95. The van der Waals surface area contributed by atoms with Crippen LogP contribution in [0.1, 0.15) is 38.5 Å². The number of carbonyl (C=O) groups is 1. The number of ether oxygens (including phenoxy) is 2. The third-order valence-electron chi connectivity index (χ3n) is 9.56. The van der Waals surface area contributed by atoms with E-state index in [2.05, 4.69) is 56.0 Å². The summed E-state index contributed by atoms with van der Waals surface area (Å²) >= 11 is 1.71. The molecule has 0 saturated heterocycles. The summed E-state index contributed by atoms with van der Waals surface area (Å²) in [6.45, 7) is 1.59. The molecule has 0 spiro atoms. The van der Waals surface area contributed by atoms with Crippen molar-refractivity contribution in [1.29, 1.82) is 0 Å². The van der Waals surface area contributed by atoms with Gasteiger partial charge in [-0.1, -0.05) is 72.8 Å². The highest BCUT2D eigenvalue weighted by Crippen LogP contribution is 2.39. The smallest absolute Gasteiger partial charge is 0.264 e. The summed E-state index contributed by atoms with van der Waals surface area (Å²) in [6, 6.07) is 39.5. The highest BCUT2D eigenvalue weighted by Gasteiger charge is 2.25. The summed E-state index contributed by atoms with van der Waals surface area (Å²) in [6.07, 6.45) is 4.08. The van der Waals surface area contributed by atoms with E-state index in [1.54, 1.807) is 23.9 Å². The Bertz CT molecular complexity index is 2400. The quantitative estimate of drug-likeness (QED) is 0.0971. The van der Waals surface area contributed by atoms with Crippen LogP contribution in [0, 0.1) is 0 Å². The van der Waals surface area contributed by atoms with Crippen LogP contribution in [-0.4, -0.2) is 60.6 Å². The van der Waals surface area contributed by atoms with Gasteiger partial charge in [0.1, 0.15) is 0 Å². The van der Waals surface area contributed by atoms with Gasteiger partial charge in [0.05, 0.1) is 5.75 Å². The van der Waals surface area contributed by atoms with E-state index >= 15 is 0 Å². The third kappa shape index (κ3) is 7.83. The summed E-state index contributed by atoms with van der Waals surface area (Å²) in [4.78, 5) is 23.4. The van der Waals surface area contributed by atoms with Crippen molar-refractivity contribution in [2.24, 2.45) is 0 Å². The first-order valence-corrected chi connectivity index (χ1v) is 20.1. The number of hydrogen-bond donors (Lipinski definition) is 3. The maximum atomic E-state index is 13.4. The number of nitrogens with one attached hydrogen (secondary N) is 3. The molecule has 5 aromatic carbocycles. The topological polar surface area (TPSA) is 117 Å². The lowest BCUT2D eigenvalue weighted by atomic mass is 9.84. The Morgan fingerprint density at radius 2 is 1.40 bits per heavy atom. The average Bonchev–Trinajstić information content (AvgIpc) is 3.94. The molecule has 0 bridgehead atoms. The molecule has 0 unspecified atom stereocenters. The Morgan fingerprint density at radius 1 is 0.755 bits per heavy atom. The molecule has 1 aliphatic heterocycles. The second-order valence-electron chi connectivity index (χ2n) is 13.0. The molecule has 1 aliphatic rings. The zero-order chi connectivity index (χ0) is 36.2. The van der Waals surface area contributed by atoms with Gasteiger partial charge in [-0.15, -0.1) is 11.8 Å². The summed E-state index contributed by atoms with van der Waals surface area (Å²) in [5.74, 6) is 1.12. The van der Waals surface area contributed by atoms with Gasteiger partial charge in [-0.2, -0.15) is 0 Å². The zero-order valence-corrected chi connectivity index (χ0v) is 30.5. The molecule has 11 heteroatoms. The van der Waals surface area contributed by atoms with E-state index in [-0.39, 0.29) is 30.6 Å². The van der Waals surface area contributed by atoms with Crippen molar-refractivity contribution < 1.29 is 22.7 Å². The number of sulfonamides is 1. The van der Waals surface area contributed by atoms with Gasteiger partial charge in [-0.05, 0) is 70.8 Å². The molecule has 53 heavy (non-hydrogen) atoms. The van der Waals surface area contributed by atoms with Crippen LogP contribution in [0.3, 0.4) is 0 Å². The maximum Gasteiger partial charge on any atom is 0.264 e. The molecule has 3 N–H and O–H groups in total. The van der Waals surface area contributed by atoms with Gasteiger partial charge in [0.25, 0.3) is 5.91 Å². The maximum absolute atomic E-state index is 13.4. The monoisotopic (exact) mass is 742 g/mol. The number of carbonyl (C=O) groups excluding carboxylic acids is 1. The number of amides is 1. The van der Waals surface area contributed by atoms with Gasteiger partial charge in [-0.25, -0.2) is 13.1 Å². The first kappa shape index (κ1) is 34.6. The molecule has 0 saturated carbocycles. The van der Waals surface area contributed by atoms with Crippen molar-refractivity contribution in [3.05, 3.63) is 162 Å². The minimum absolute atomic E-state index is 0.140. The first-order chi connectivity index (χ1) is 25.9. The average molecular weight is 743 g/mol. The highest BCUT2D eigenvalue weighted by atomic mass is 32.2. The third-order valence-corrected chi connectivity index (χ3v) is 11.8. The van der Waals surface area contributed by atoms with Crippen LogP contribution >= 0.6 is 11.8 Å². The van der Waals surface area contributed by atoms with Crippen molar-refractivity contribution in [3.8, 4) is 11.5 Å². The molecular formula is C42H38N4O5S2. The second kappa shape index (κ2) is 15.2. The molecular weight excluding hydrogens is 705 g/mol. The van der Waals surface area contributed by atoms with E-state index in [1.807, 2.05) is 85.2 Å². The number of aromatic amines is 2. The lowest BCUT2D eigenvalue weighted by Gasteiger charge is -2.22. The van der Waals surface area contributed by atoms with E-state index < -0.39 is 15.9 Å². The number of aromatic nitrogens is 2. The van der Waals surface area contributed by atoms with Crippen molar-refractivity contribution in [1.82, 2.24) is 19.6 Å². The Hall–Kier alpha value is -5.49. The Kier molecular flexibility index (Phi) is 9.94. The van der Waals surface area contributed by atoms with Crippen LogP contribution in [-0.2, 0) is 16.6 Å². The van der Waals surface area contributed by atoms with E-state index in [4.69, 9.17) is 9.47 Å². The summed E-state index contributed by atoms with van der Waals surface area (Å²) in [7, 11) is -3.95. The number of para-hydroxylation sites is 2. The summed E-state index contributed by atoms with van der Waals surface area (Å²) in [5, 5.41) is 2.23. The first-order valence-electron chi connectivity index (χ1n) is 17.5. The van der Waals surface area contributed by atoms with Crippen LogP contribution in [0.25, 0.3) is 21.8 Å². The number of nitrogens with zero attached hydrogens (tertiary/aromatic N) is 1. The van der Waals surface area contributed by atoms with Crippen LogP contribution in [0.5, 0.6) is 11.5 Å². The van der Waals surface area contributed by atoms with Crippen molar-refractivity contribution in [3.63, 3.8) is 0 Å². The Morgan fingerprint density at radius 3 is 2.09 bits per heavy atom. The van der Waals surface area contributed by atoms with Crippen LogP contribution in [0.15, 0.2) is 139 Å². The van der Waals surface area contributed by atoms with Gasteiger partial charge in [0, 0.05) is 76.0 Å². The van der Waals surface area contributed by atoms with Gasteiger partial charge in [0.15, 0.2) is 11.5 Å². The standard InChI is InChI=1S/C42H38N4O5S2/c47-42(45-53(48,49)23-21-46(20-22-52-32-8-2-1-3-9-32)27-29-14-19-39-40(24-29)51-28-50-39)31-17-15-30(16-18-31)41(35-25-43-37-12-6-4-10-33(35)37)36-26-44-38-13-7-5-11-34(36)38/h1-19,24-26,41,43-44H,20-23,27-28H2,(H,45,47). The fraction of sp³-hybridized carbons (Fsp3) is 0.167. The minimum Gasteiger partial charge on any atom is -0.454 e. The van der Waals surface area contributed by atoms with Crippen molar-refractivity contribution >= 4 is 49.5 Å². The van der Waals surface area contributed by atoms with Gasteiger partial charge in [-0.3, -0.25) is 9.69 Å². The molecule has 1 amide bonds. The fourth-order valence-electron chi connectivity index (χ4n) is 6.90. The molecule has 9 nitrogen and oxygen atoms in total. The number of benzene rings is 5. The van der Waals surface area contributed by atoms with E-state index in [0.717, 1.165) is 54.7 Å². The zero-order valence-electron chi connectivity index (χ0n) is 28.8. The molecule has 268 valence electrons. The van der Waals surface area contributed by atoms with Gasteiger partial charge in [0.2, 0.25) is 16.8 Å². The lowest BCUT2D eigenvalue weighted by molar-refractivity contribution is 0.0981. The Balaban J connectivity index is 0.972. The van der Waals surface area contributed by atoms with Crippen LogP contribution in [0.2, 0.25) is 0 Å². The number of H-pyrrole nitrogens is 2. The molecule has 7 aromatic rings. The van der Waals surface area contributed by atoms with Gasteiger partial charge >= 0.3 is 0 Å². The predicted molar refractivity (Wildman–Crippen MR) is 210 cm³/mol. The molecule has 3 heterocycles. The molecule has 8 rings (SSSR count).